The third-order valence-electron chi connectivity index (χ3n) is 2.49. The second-order valence-corrected chi connectivity index (χ2v) is 4.18. The van der Waals surface area contributed by atoms with Crippen molar-refractivity contribution in [1.82, 2.24) is 0 Å². The molecule has 82 valence electrons. The van der Waals surface area contributed by atoms with E-state index in [2.05, 4.69) is 0 Å². The third kappa shape index (κ3) is 2.42. The van der Waals surface area contributed by atoms with Crippen LogP contribution >= 0.6 is 0 Å². The molecular weight excluding hydrogens is 192 g/mol. The summed E-state index contributed by atoms with van der Waals surface area (Å²) in [5, 5.41) is 0. The van der Waals surface area contributed by atoms with E-state index in [4.69, 9.17) is 14.2 Å². The quantitative estimate of drug-likeness (QED) is 0.710. The van der Waals surface area contributed by atoms with E-state index in [9.17, 15) is 0 Å². The fraction of sp³-hybridized carbons (Fsp3) is 0.500. The van der Waals surface area contributed by atoms with Crippen molar-refractivity contribution in [2.24, 2.45) is 0 Å². The molecule has 0 bridgehead atoms. The molecule has 1 aliphatic heterocycles. The van der Waals surface area contributed by atoms with Gasteiger partial charge in [-0.2, -0.15) is 0 Å². The SMILES string of the molecule is COc1cc(C)ccc1OCC1(C)CO1. The number of hydrogen-bond acceptors (Lipinski definition) is 3. The van der Waals surface area contributed by atoms with Crippen LogP contribution in [0.25, 0.3) is 0 Å². The van der Waals surface area contributed by atoms with Gasteiger partial charge in [0.1, 0.15) is 12.2 Å². The highest BCUT2D eigenvalue weighted by molar-refractivity contribution is 5.42. The van der Waals surface area contributed by atoms with Gasteiger partial charge in [-0.3, -0.25) is 0 Å². The topological polar surface area (TPSA) is 31.0 Å². The molecule has 0 radical (unpaired) electrons. The Morgan fingerprint density at radius 3 is 2.73 bits per heavy atom. The first-order chi connectivity index (χ1) is 7.13. The van der Waals surface area contributed by atoms with Gasteiger partial charge in [-0.05, 0) is 31.5 Å². The van der Waals surface area contributed by atoms with Crippen LogP contribution in [0.5, 0.6) is 11.5 Å². The molecule has 0 N–H and O–H groups in total. The molecule has 1 fully saturated rings. The lowest BCUT2D eigenvalue weighted by molar-refractivity contribution is 0.197. The molecule has 0 spiro atoms. The van der Waals surface area contributed by atoms with Gasteiger partial charge in [-0.25, -0.2) is 0 Å². The van der Waals surface area contributed by atoms with Gasteiger partial charge in [0.05, 0.1) is 13.7 Å². The molecule has 2 rings (SSSR count). The van der Waals surface area contributed by atoms with Crippen LogP contribution in [-0.2, 0) is 4.74 Å². The van der Waals surface area contributed by atoms with Crippen LogP contribution in [0.1, 0.15) is 12.5 Å². The number of epoxide rings is 1. The van der Waals surface area contributed by atoms with E-state index in [1.807, 2.05) is 32.0 Å². The number of rotatable bonds is 4. The van der Waals surface area contributed by atoms with Crippen molar-refractivity contribution in [2.45, 2.75) is 19.4 Å². The lowest BCUT2D eigenvalue weighted by Crippen LogP contribution is -2.17. The number of hydrogen-bond donors (Lipinski definition) is 0. The van der Waals surface area contributed by atoms with Gasteiger partial charge in [0.2, 0.25) is 0 Å². The maximum Gasteiger partial charge on any atom is 0.161 e. The summed E-state index contributed by atoms with van der Waals surface area (Å²) in [5.74, 6) is 1.55. The second kappa shape index (κ2) is 3.74. The molecule has 3 nitrogen and oxygen atoms in total. The maximum atomic E-state index is 5.66. The van der Waals surface area contributed by atoms with E-state index in [-0.39, 0.29) is 5.60 Å². The average molecular weight is 208 g/mol. The van der Waals surface area contributed by atoms with E-state index in [1.165, 1.54) is 0 Å². The van der Waals surface area contributed by atoms with Gasteiger partial charge in [-0.1, -0.05) is 6.07 Å². The second-order valence-electron chi connectivity index (χ2n) is 4.18. The Balaban J connectivity index is 2.06. The van der Waals surface area contributed by atoms with E-state index >= 15 is 0 Å². The van der Waals surface area contributed by atoms with Crippen molar-refractivity contribution in [1.29, 1.82) is 0 Å². The third-order valence-corrected chi connectivity index (χ3v) is 2.49. The highest BCUT2D eigenvalue weighted by Gasteiger charge is 2.40. The van der Waals surface area contributed by atoms with Crippen molar-refractivity contribution in [3.8, 4) is 11.5 Å². The summed E-state index contributed by atoms with van der Waals surface area (Å²) in [5.41, 5.74) is 1.07. The summed E-state index contributed by atoms with van der Waals surface area (Å²) in [4.78, 5) is 0. The summed E-state index contributed by atoms with van der Waals surface area (Å²) in [6.07, 6.45) is 0. The van der Waals surface area contributed by atoms with Crippen LogP contribution in [0, 0.1) is 6.92 Å². The largest absolute Gasteiger partial charge is 0.493 e. The van der Waals surface area contributed by atoms with Crippen LogP contribution in [0.4, 0.5) is 0 Å². The summed E-state index contributed by atoms with van der Waals surface area (Å²) >= 11 is 0. The molecule has 0 aliphatic carbocycles. The fourth-order valence-electron chi connectivity index (χ4n) is 1.33. The highest BCUT2D eigenvalue weighted by Crippen LogP contribution is 2.31. The smallest absolute Gasteiger partial charge is 0.161 e. The summed E-state index contributed by atoms with van der Waals surface area (Å²) in [6.45, 7) is 5.42. The van der Waals surface area contributed by atoms with Crippen molar-refractivity contribution < 1.29 is 14.2 Å². The maximum absolute atomic E-state index is 5.66. The van der Waals surface area contributed by atoms with Gasteiger partial charge in [0, 0.05) is 0 Å². The average Bonchev–Trinajstić information content (AvgIpc) is 2.95. The first-order valence-corrected chi connectivity index (χ1v) is 5.04. The Labute approximate surface area is 90.0 Å². The minimum Gasteiger partial charge on any atom is -0.493 e. The monoisotopic (exact) mass is 208 g/mol. The van der Waals surface area contributed by atoms with Crippen LogP contribution in [0.3, 0.4) is 0 Å². The van der Waals surface area contributed by atoms with E-state index in [1.54, 1.807) is 7.11 Å². The summed E-state index contributed by atoms with van der Waals surface area (Å²) in [7, 11) is 1.65. The number of methoxy groups -OCH3 is 1. The summed E-state index contributed by atoms with van der Waals surface area (Å²) < 4.78 is 16.2. The zero-order valence-corrected chi connectivity index (χ0v) is 9.37. The Bertz CT molecular complexity index is 356. The molecule has 1 aliphatic rings. The molecular formula is C12H16O3. The van der Waals surface area contributed by atoms with Gasteiger partial charge < -0.3 is 14.2 Å². The lowest BCUT2D eigenvalue weighted by Gasteiger charge is -2.12. The number of ether oxygens (including phenoxy) is 3. The first kappa shape index (κ1) is 10.3. The van der Waals surface area contributed by atoms with Crippen molar-refractivity contribution >= 4 is 0 Å². The summed E-state index contributed by atoms with van der Waals surface area (Å²) in [6, 6.07) is 5.90. The van der Waals surface area contributed by atoms with E-state index < -0.39 is 0 Å². The Morgan fingerprint density at radius 2 is 2.13 bits per heavy atom. The molecule has 1 aromatic rings. The fourth-order valence-corrected chi connectivity index (χ4v) is 1.33. The zero-order chi connectivity index (χ0) is 10.9. The minimum absolute atomic E-state index is 0.0874. The predicted octanol–water partition coefficient (Wildman–Crippen LogP) is 2.17. The first-order valence-electron chi connectivity index (χ1n) is 5.04. The van der Waals surface area contributed by atoms with Crippen molar-refractivity contribution in [2.75, 3.05) is 20.3 Å². The van der Waals surface area contributed by atoms with Crippen LogP contribution < -0.4 is 9.47 Å². The molecule has 1 aromatic carbocycles. The molecule has 3 heteroatoms. The number of benzene rings is 1. The Morgan fingerprint density at radius 1 is 1.40 bits per heavy atom. The molecule has 1 atom stereocenters. The van der Waals surface area contributed by atoms with Crippen LogP contribution in [0.15, 0.2) is 18.2 Å². The predicted molar refractivity (Wildman–Crippen MR) is 57.6 cm³/mol. The lowest BCUT2D eigenvalue weighted by atomic mass is 10.2. The van der Waals surface area contributed by atoms with Crippen molar-refractivity contribution in [3.63, 3.8) is 0 Å². The van der Waals surface area contributed by atoms with E-state index in [0.29, 0.717) is 6.61 Å². The molecule has 1 saturated heterocycles. The zero-order valence-electron chi connectivity index (χ0n) is 9.37. The van der Waals surface area contributed by atoms with Gasteiger partial charge >= 0.3 is 0 Å². The molecule has 1 heterocycles. The van der Waals surface area contributed by atoms with Gasteiger partial charge in [-0.15, -0.1) is 0 Å². The molecule has 0 saturated carbocycles. The highest BCUT2D eigenvalue weighted by atomic mass is 16.6. The van der Waals surface area contributed by atoms with Crippen molar-refractivity contribution in [3.05, 3.63) is 23.8 Å². The Kier molecular flexibility index (Phi) is 2.57. The molecule has 15 heavy (non-hydrogen) atoms. The van der Waals surface area contributed by atoms with Crippen LogP contribution in [-0.4, -0.2) is 25.9 Å². The van der Waals surface area contributed by atoms with Gasteiger partial charge in [0.25, 0.3) is 0 Å². The van der Waals surface area contributed by atoms with E-state index in [0.717, 1.165) is 23.7 Å². The molecule has 1 unspecified atom stereocenters. The normalized spacial score (nSPS) is 23.7. The minimum atomic E-state index is -0.0874. The van der Waals surface area contributed by atoms with Crippen LogP contribution in [0.2, 0.25) is 0 Å². The molecule has 0 amide bonds. The Hall–Kier alpha value is -1.22. The molecule has 0 aromatic heterocycles. The standard InChI is InChI=1S/C12H16O3/c1-9-4-5-10(11(6-9)13-3)14-7-12(2)8-15-12/h4-6H,7-8H2,1-3H3. The van der Waals surface area contributed by atoms with Gasteiger partial charge in [0.15, 0.2) is 11.5 Å². The number of aryl methyl sites for hydroxylation is 1.